The van der Waals surface area contributed by atoms with Crippen LogP contribution in [0.2, 0.25) is 0 Å². The van der Waals surface area contributed by atoms with Gasteiger partial charge in [-0.25, -0.2) is 17.9 Å². The van der Waals surface area contributed by atoms with Gasteiger partial charge in [-0.2, -0.15) is 0 Å². The number of amides is 2. The molecule has 3 rings (SSSR count). The molecule has 1 aliphatic heterocycles. The van der Waals surface area contributed by atoms with E-state index in [0.717, 1.165) is 10.5 Å². The summed E-state index contributed by atoms with van der Waals surface area (Å²) in [6.45, 7) is 10.9. The van der Waals surface area contributed by atoms with Crippen molar-refractivity contribution in [3.8, 4) is 5.75 Å². The number of ether oxygens (including phenoxy) is 2. The average Bonchev–Trinajstić information content (AvgIpc) is 3.30. The topological polar surface area (TPSA) is 152 Å². The molecule has 0 aromatic heterocycles. The highest BCUT2D eigenvalue weighted by molar-refractivity contribution is 7.97. The van der Waals surface area contributed by atoms with Gasteiger partial charge in [-0.05, 0) is 101 Å². The number of methoxy groups -OCH3 is 1. The lowest BCUT2D eigenvalue weighted by atomic mass is 10.1. The third-order valence-electron chi connectivity index (χ3n) is 6.37. The number of aliphatic imine (C=N–C) groups is 1. The van der Waals surface area contributed by atoms with Crippen LogP contribution in [0.5, 0.6) is 5.75 Å². The number of carbonyl (C=O) groups excluding carboxylic acids is 2. The number of guanidine groups is 1. The van der Waals surface area contributed by atoms with Gasteiger partial charge >= 0.3 is 6.09 Å². The number of hydrogen-bond acceptors (Lipinski definition) is 8. The van der Waals surface area contributed by atoms with E-state index in [2.05, 4.69) is 15.0 Å². The molecule has 0 spiro atoms. The van der Waals surface area contributed by atoms with Crippen LogP contribution in [0.1, 0.15) is 55.9 Å². The van der Waals surface area contributed by atoms with Crippen molar-refractivity contribution in [2.45, 2.75) is 82.4 Å². The Morgan fingerprint density at radius 1 is 1.17 bits per heavy atom. The van der Waals surface area contributed by atoms with Gasteiger partial charge in [-0.3, -0.25) is 14.1 Å². The standard InChI is InChI=1S/C28H39N5O6S2/c1-17-15-22(38-7)18(2)19(3)24(17)41(36,37)32-26(29)30-14-10-12-21(31-27(35)39-28(4,5)6)25(34)33-16-20-11-8-9-13-23(20)40-33/h8-9,11,13,15,21H,10,12,14,16H2,1-7H3,(H,31,35)(H3,29,30,32)/t21-/m0/s1. The van der Waals surface area contributed by atoms with Crippen LogP contribution in [-0.2, 0) is 26.1 Å². The zero-order valence-electron chi connectivity index (χ0n) is 24.5. The molecule has 0 bridgehead atoms. The maximum Gasteiger partial charge on any atom is 0.408 e. The zero-order valence-corrected chi connectivity index (χ0v) is 26.2. The predicted octanol–water partition coefficient (Wildman–Crippen LogP) is 3.94. The van der Waals surface area contributed by atoms with E-state index in [1.165, 1.54) is 19.1 Å². The molecule has 1 aliphatic rings. The number of sulfonamides is 1. The number of alkyl carbamates (subject to hydrolysis) is 1. The zero-order chi connectivity index (χ0) is 30.5. The number of carbonyl (C=O) groups is 2. The molecule has 0 saturated carbocycles. The fourth-order valence-corrected chi connectivity index (χ4v) is 6.92. The number of benzene rings is 2. The van der Waals surface area contributed by atoms with Gasteiger partial charge in [0.05, 0.1) is 18.6 Å². The summed E-state index contributed by atoms with van der Waals surface area (Å²) in [6.07, 6.45) is -0.112. The minimum Gasteiger partial charge on any atom is -0.496 e. The summed E-state index contributed by atoms with van der Waals surface area (Å²) in [5, 5.41) is 2.68. The highest BCUT2D eigenvalue weighted by Gasteiger charge is 2.32. The number of rotatable bonds is 9. The molecule has 2 aromatic rings. The van der Waals surface area contributed by atoms with E-state index < -0.39 is 27.8 Å². The van der Waals surface area contributed by atoms with E-state index in [4.69, 9.17) is 15.2 Å². The lowest BCUT2D eigenvalue weighted by molar-refractivity contribution is -0.128. The normalized spacial score (nSPS) is 14.3. The Morgan fingerprint density at radius 2 is 1.85 bits per heavy atom. The van der Waals surface area contributed by atoms with E-state index >= 15 is 0 Å². The Hall–Kier alpha value is -3.45. The van der Waals surface area contributed by atoms with Gasteiger partial charge < -0.3 is 20.5 Å². The summed E-state index contributed by atoms with van der Waals surface area (Å²) in [6, 6.07) is 8.52. The molecule has 224 valence electrons. The quantitative estimate of drug-likeness (QED) is 0.168. The Morgan fingerprint density at radius 3 is 2.49 bits per heavy atom. The van der Waals surface area contributed by atoms with Crippen molar-refractivity contribution in [3.63, 3.8) is 0 Å². The molecule has 11 nitrogen and oxygen atoms in total. The molecule has 4 N–H and O–H groups in total. The van der Waals surface area contributed by atoms with E-state index in [9.17, 15) is 18.0 Å². The van der Waals surface area contributed by atoms with Crippen molar-refractivity contribution < 1.29 is 27.5 Å². The number of nitrogens with zero attached hydrogens (tertiary/aromatic N) is 2. The molecule has 0 radical (unpaired) electrons. The molecule has 0 unspecified atom stereocenters. The van der Waals surface area contributed by atoms with Gasteiger partial charge in [-0.15, -0.1) is 0 Å². The van der Waals surface area contributed by atoms with Crippen LogP contribution in [-0.4, -0.2) is 56.0 Å². The third kappa shape index (κ3) is 8.29. The summed E-state index contributed by atoms with van der Waals surface area (Å²) in [5.41, 5.74) is 8.01. The Kier molecular flexibility index (Phi) is 10.2. The number of aryl methyl sites for hydroxylation is 1. The molecular formula is C28H39N5O6S2. The van der Waals surface area contributed by atoms with Crippen molar-refractivity contribution in [1.29, 1.82) is 0 Å². The number of fused-ring (bicyclic) bond motifs is 1. The Labute approximate surface area is 246 Å². The van der Waals surface area contributed by atoms with Gasteiger partial charge in [0.1, 0.15) is 17.4 Å². The molecule has 0 aliphatic carbocycles. The average molecular weight is 606 g/mol. The van der Waals surface area contributed by atoms with Crippen molar-refractivity contribution in [2.24, 2.45) is 10.7 Å². The van der Waals surface area contributed by atoms with Crippen LogP contribution in [0.4, 0.5) is 4.79 Å². The third-order valence-corrected chi connectivity index (χ3v) is 9.14. The summed E-state index contributed by atoms with van der Waals surface area (Å²) in [4.78, 5) is 31.2. The van der Waals surface area contributed by atoms with Gasteiger partial charge in [-0.1, -0.05) is 18.2 Å². The first-order valence-corrected chi connectivity index (χ1v) is 15.4. The van der Waals surface area contributed by atoms with E-state index in [1.54, 1.807) is 51.9 Å². The first-order valence-electron chi connectivity index (χ1n) is 13.2. The molecule has 1 heterocycles. The molecule has 2 aromatic carbocycles. The van der Waals surface area contributed by atoms with Crippen LogP contribution in [0.25, 0.3) is 0 Å². The highest BCUT2D eigenvalue weighted by Crippen LogP contribution is 2.36. The van der Waals surface area contributed by atoms with E-state index in [0.29, 0.717) is 35.4 Å². The molecule has 0 saturated heterocycles. The van der Waals surface area contributed by atoms with Crippen molar-refractivity contribution >= 4 is 39.9 Å². The number of hydrogen-bond donors (Lipinski definition) is 3. The van der Waals surface area contributed by atoms with Gasteiger partial charge in [0.2, 0.25) is 5.96 Å². The first kappa shape index (κ1) is 32.1. The second-order valence-electron chi connectivity index (χ2n) is 10.8. The summed E-state index contributed by atoms with van der Waals surface area (Å²) >= 11 is 1.33. The predicted molar refractivity (Wildman–Crippen MR) is 159 cm³/mol. The minimum absolute atomic E-state index is 0.116. The Bertz CT molecular complexity index is 1410. The second kappa shape index (κ2) is 13.0. The van der Waals surface area contributed by atoms with E-state index in [-0.39, 0.29) is 29.7 Å². The van der Waals surface area contributed by atoms with Crippen molar-refractivity contribution in [2.75, 3.05) is 13.7 Å². The van der Waals surface area contributed by atoms with Crippen LogP contribution in [0.15, 0.2) is 45.1 Å². The van der Waals surface area contributed by atoms with Crippen LogP contribution < -0.4 is 20.5 Å². The van der Waals surface area contributed by atoms with Gasteiger partial charge in [0.15, 0.2) is 0 Å². The largest absolute Gasteiger partial charge is 0.496 e. The summed E-state index contributed by atoms with van der Waals surface area (Å²) in [5.74, 6) is 0.0576. The molecule has 1 atom stereocenters. The Balaban J connectivity index is 1.67. The van der Waals surface area contributed by atoms with E-state index in [1.807, 2.05) is 24.3 Å². The summed E-state index contributed by atoms with van der Waals surface area (Å²) < 4.78 is 40.9. The smallest absolute Gasteiger partial charge is 0.408 e. The maximum absolute atomic E-state index is 13.4. The monoisotopic (exact) mass is 605 g/mol. The molecule has 13 heteroatoms. The lowest BCUT2D eigenvalue weighted by Gasteiger charge is -2.25. The lowest BCUT2D eigenvalue weighted by Crippen LogP contribution is -2.47. The highest BCUT2D eigenvalue weighted by atomic mass is 32.2. The SMILES string of the molecule is COc1cc(C)c(S(=O)(=O)NC(N)=NCCC[C@H](NC(=O)OC(C)(C)C)C(=O)N2Cc3ccccc3S2)c(C)c1C. The van der Waals surface area contributed by atoms with Gasteiger partial charge in [0, 0.05) is 11.4 Å². The summed E-state index contributed by atoms with van der Waals surface area (Å²) in [7, 11) is -2.47. The minimum atomic E-state index is -4.00. The molecule has 41 heavy (non-hydrogen) atoms. The fraction of sp³-hybridized carbons (Fsp3) is 0.464. The number of nitrogens with one attached hydrogen (secondary N) is 2. The van der Waals surface area contributed by atoms with Crippen LogP contribution in [0.3, 0.4) is 0 Å². The van der Waals surface area contributed by atoms with Gasteiger partial charge in [0.25, 0.3) is 15.9 Å². The molecular weight excluding hydrogens is 566 g/mol. The number of nitrogens with two attached hydrogens (primary N) is 1. The first-order chi connectivity index (χ1) is 19.1. The second-order valence-corrected chi connectivity index (χ2v) is 13.4. The van der Waals surface area contributed by atoms with Crippen molar-refractivity contribution in [1.82, 2.24) is 14.3 Å². The van der Waals surface area contributed by atoms with Crippen LogP contribution >= 0.6 is 11.9 Å². The van der Waals surface area contributed by atoms with Crippen molar-refractivity contribution in [3.05, 3.63) is 52.6 Å². The van der Waals surface area contributed by atoms with Crippen LogP contribution in [0, 0.1) is 20.8 Å². The fourth-order valence-electron chi connectivity index (χ4n) is 4.40. The maximum atomic E-state index is 13.4. The molecule has 0 fully saturated rings. The molecule has 2 amide bonds.